The van der Waals surface area contributed by atoms with Crippen molar-refractivity contribution >= 4 is 11.7 Å². The van der Waals surface area contributed by atoms with Crippen molar-refractivity contribution in [3.05, 3.63) is 64.7 Å². The molecule has 1 aliphatic heterocycles. The largest absolute Gasteiger partial charge is 0.478 e. The average Bonchev–Trinajstić information content (AvgIpc) is 3.42. The minimum absolute atomic E-state index is 0.210. The van der Waals surface area contributed by atoms with Crippen LogP contribution in [0.15, 0.2) is 42.5 Å². The molecule has 2 saturated carbocycles. The molecule has 0 aromatic heterocycles. The Morgan fingerprint density at radius 1 is 1.08 bits per heavy atom. The average molecular weight is 347 g/mol. The summed E-state index contributed by atoms with van der Waals surface area (Å²) in [5.41, 5.74) is 6.05. The number of anilines is 1. The third-order valence-corrected chi connectivity index (χ3v) is 6.97. The minimum Gasteiger partial charge on any atom is -0.478 e. The lowest BCUT2D eigenvalue weighted by molar-refractivity contribution is 0.0697. The van der Waals surface area contributed by atoms with Gasteiger partial charge in [-0.2, -0.15) is 0 Å². The number of carboxylic acids is 1. The third-order valence-electron chi connectivity index (χ3n) is 6.97. The molecule has 0 amide bonds. The highest BCUT2D eigenvalue weighted by molar-refractivity contribution is 5.87. The van der Waals surface area contributed by atoms with Gasteiger partial charge in [-0.15, -0.1) is 0 Å². The molecule has 3 atom stereocenters. The van der Waals surface area contributed by atoms with Crippen LogP contribution in [-0.2, 0) is 5.41 Å². The van der Waals surface area contributed by atoms with E-state index in [0.29, 0.717) is 11.5 Å². The lowest BCUT2D eigenvalue weighted by Crippen LogP contribution is -2.39. The molecule has 2 fully saturated rings. The summed E-state index contributed by atoms with van der Waals surface area (Å²) in [6.45, 7) is 2.44. The van der Waals surface area contributed by atoms with Gasteiger partial charge in [-0.3, -0.25) is 0 Å². The second-order valence-electron chi connectivity index (χ2n) is 8.54. The SMILES string of the molecule is C[C@@]12CCC[C@@H]1[C@H](c1ccc(C(=O)O)cc1)Nc1ccc(C3CC3)cc12. The van der Waals surface area contributed by atoms with Crippen LogP contribution in [0.4, 0.5) is 5.69 Å². The van der Waals surface area contributed by atoms with Crippen LogP contribution >= 0.6 is 0 Å². The first kappa shape index (κ1) is 15.9. The van der Waals surface area contributed by atoms with Crippen molar-refractivity contribution in [2.45, 2.75) is 56.4 Å². The molecule has 2 aliphatic carbocycles. The quantitative estimate of drug-likeness (QED) is 0.772. The van der Waals surface area contributed by atoms with E-state index in [-0.39, 0.29) is 11.5 Å². The second-order valence-corrected chi connectivity index (χ2v) is 8.54. The van der Waals surface area contributed by atoms with Crippen molar-refractivity contribution in [2.75, 3.05) is 5.32 Å². The molecule has 26 heavy (non-hydrogen) atoms. The van der Waals surface area contributed by atoms with Gasteiger partial charge in [0.05, 0.1) is 11.6 Å². The van der Waals surface area contributed by atoms with Crippen molar-refractivity contribution in [3.63, 3.8) is 0 Å². The minimum atomic E-state index is -0.864. The molecule has 0 saturated heterocycles. The number of carbonyl (C=O) groups is 1. The van der Waals surface area contributed by atoms with Crippen LogP contribution in [0.25, 0.3) is 0 Å². The summed E-state index contributed by atoms with van der Waals surface area (Å²) in [5.74, 6) is 0.474. The van der Waals surface area contributed by atoms with Crippen molar-refractivity contribution in [2.24, 2.45) is 5.92 Å². The van der Waals surface area contributed by atoms with Gasteiger partial charge >= 0.3 is 5.97 Å². The summed E-state index contributed by atoms with van der Waals surface area (Å²) < 4.78 is 0. The van der Waals surface area contributed by atoms with Gasteiger partial charge in [-0.05, 0) is 77.8 Å². The predicted octanol–water partition coefficient (Wildman–Crippen LogP) is 5.49. The Morgan fingerprint density at radius 2 is 1.81 bits per heavy atom. The fourth-order valence-electron chi connectivity index (χ4n) is 5.31. The number of carboxylic acid groups (broad SMARTS) is 1. The second kappa shape index (κ2) is 5.60. The monoisotopic (exact) mass is 347 g/mol. The van der Waals surface area contributed by atoms with Crippen LogP contribution in [0.2, 0.25) is 0 Å². The fourth-order valence-corrected chi connectivity index (χ4v) is 5.31. The van der Waals surface area contributed by atoms with Gasteiger partial charge in [0.25, 0.3) is 0 Å². The van der Waals surface area contributed by atoms with E-state index >= 15 is 0 Å². The van der Waals surface area contributed by atoms with E-state index < -0.39 is 5.97 Å². The lowest BCUT2D eigenvalue weighted by Gasteiger charge is -2.45. The molecule has 3 aliphatic rings. The summed E-state index contributed by atoms with van der Waals surface area (Å²) in [6.07, 6.45) is 6.40. The lowest BCUT2D eigenvalue weighted by atomic mass is 9.66. The fraction of sp³-hybridized carbons (Fsp3) is 0.435. The first-order chi connectivity index (χ1) is 12.6. The Hall–Kier alpha value is -2.29. The summed E-state index contributed by atoms with van der Waals surface area (Å²) in [7, 11) is 0. The van der Waals surface area contributed by atoms with E-state index in [9.17, 15) is 4.79 Å². The van der Waals surface area contributed by atoms with E-state index in [4.69, 9.17) is 5.11 Å². The van der Waals surface area contributed by atoms with E-state index in [1.165, 1.54) is 54.5 Å². The molecule has 3 heteroatoms. The number of hydrogen-bond acceptors (Lipinski definition) is 2. The molecule has 0 radical (unpaired) electrons. The molecule has 1 heterocycles. The summed E-state index contributed by atoms with van der Waals surface area (Å²) >= 11 is 0. The molecular weight excluding hydrogens is 322 g/mol. The van der Waals surface area contributed by atoms with Crippen LogP contribution in [0.1, 0.15) is 78.0 Å². The number of nitrogens with one attached hydrogen (secondary N) is 1. The Balaban J connectivity index is 1.56. The van der Waals surface area contributed by atoms with Crippen LogP contribution in [0.5, 0.6) is 0 Å². The molecule has 5 rings (SSSR count). The molecule has 0 spiro atoms. The Kier molecular flexibility index (Phi) is 3.43. The van der Waals surface area contributed by atoms with Crippen LogP contribution in [-0.4, -0.2) is 11.1 Å². The van der Waals surface area contributed by atoms with Gasteiger partial charge in [0, 0.05) is 5.69 Å². The first-order valence-electron chi connectivity index (χ1n) is 9.80. The van der Waals surface area contributed by atoms with Crippen LogP contribution in [0.3, 0.4) is 0 Å². The van der Waals surface area contributed by atoms with Crippen molar-refractivity contribution in [1.82, 2.24) is 0 Å². The number of benzene rings is 2. The first-order valence-corrected chi connectivity index (χ1v) is 9.80. The Labute approximate surface area is 154 Å². The zero-order chi connectivity index (χ0) is 17.9. The van der Waals surface area contributed by atoms with E-state index in [1.54, 1.807) is 12.1 Å². The predicted molar refractivity (Wildman–Crippen MR) is 103 cm³/mol. The maximum absolute atomic E-state index is 11.2. The maximum atomic E-state index is 11.2. The zero-order valence-electron chi connectivity index (χ0n) is 15.2. The Bertz CT molecular complexity index is 868. The zero-order valence-corrected chi connectivity index (χ0v) is 15.2. The van der Waals surface area contributed by atoms with Gasteiger partial charge < -0.3 is 10.4 Å². The van der Waals surface area contributed by atoms with Gasteiger partial charge in [-0.25, -0.2) is 4.79 Å². The third kappa shape index (κ3) is 2.37. The highest BCUT2D eigenvalue weighted by Gasteiger charge is 2.49. The van der Waals surface area contributed by atoms with Crippen molar-refractivity contribution in [3.8, 4) is 0 Å². The van der Waals surface area contributed by atoms with E-state index in [1.807, 2.05) is 12.1 Å². The molecule has 3 nitrogen and oxygen atoms in total. The molecule has 0 bridgehead atoms. The van der Waals surface area contributed by atoms with Crippen molar-refractivity contribution in [1.29, 1.82) is 0 Å². The van der Waals surface area contributed by atoms with Gasteiger partial charge in [0.2, 0.25) is 0 Å². The highest BCUT2D eigenvalue weighted by atomic mass is 16.4. The normalized spacial score (nSPS) is 29.6. The summed E-state index contributed by atoms with van der Waals surface area (Å²) in [5, 5.41) is 13.0. The smallest absolute Gasteiger partial charge is 0.335 e. The highest BCUT2D eigenvalue weighted by Crippen LogP contribution is 2.57. The maximum Gasteiger partial charge on any atom is 0.335 e. The van der Waals surface area contributed by atoms with Crippen molar-refractivity contribution < 1.29 is 9.90 Å². The van der Waals surface area contributed by atoms with E-state index in [0.717, 1.165) is 5.92 Å². The molecule has 2 N–H and O–H groups in total. The van der Waals surface area contributed by atoms with Crippen LogP contribution in [0, 0.1) is 5.92 Å². The van der Waals surface area contributed by atoms with Gasteiger partial charge in [0.15, 0.2) is 0 Å². The van der Waals surface area contributed by atoms with E-state index in [2.05, 4.69) is 30.4 Å². The molecule has 2 aromatic rings. The molecule has 2 aromatic carbocycles. The van der Waals surface area contributed by atoms with Crippen LogP contribution < -0.4 is 5.32 Å². The summed E-state index contributed by atoms with van der Waals surface area (Å²) in [4.78, 5) is 11.2. The molecule has 134 valence electrons. The number of rotatable bonds is 3. The Morgan fingerprint density at radius 3 is 2.50 bits per heavy atom. The number of hydrogen-bond donors (Lipinski definition) is 2. The molecule has 0 unspecified atom stereocenters. The topological polar surface area (TPSA) is 49.3 Å². The standard InChI is InChI=1S/C23H25NO2/c1-23-12-2-3-18(23)21(15-6-8-16(9-7-15)22(25)26)24-20-11-10-17(13-19(20)23)14-4-5-14/h6-11,13-14,18,21,24H,2-5,12H2,1H3,(H,25,26)/t18-,21+,23-/m1/s1. The summed E-state index contributed by atoms with van der Waals surface area (Å²) in [6, 6.07) is 14.8. The van der Waals surface area contributed by atoms with Gasteiger partial charge in [0.1, 0.15) is 0 Å². The number of fused-ring (bicyclic) bond motifs is 3. The molecular formula is C23H25NO2. The van der Waals surface area contributed by atoms with Gasteiger partial charge in [-0.1, -0.05) is 37.6 Å². The number of aromatic carboxylic acids is 1.